The molecule has 1 aromatic heterocycles. The molecule has 0 saturated heterocycles. The minimum absolute atomic E-state index is 0.0248. The highest BCUT2D eigenvalue weighted by Crippen LogP contribution is 2.35. The monoisotopic (exact) mass is 457 g/mol. The molecule has 170 valence electrons. The highest BCUT2D eigenvalue weighted by molar-refractivity contribution is 5.94. The summed E-state index contributed by atoms with van der Waals surface area (Å²) in [7, 11) is 0. The fraction of sp³-hybridized carbons (Fsp3) is 0.125. The molecule has 1 heterocycles. The van der Waals surface area contributed by atoms with Crippen molar-refractivity contribution in [3.05, 3.63) is 75.6 Å². The normalized spacial score (nSPS) is 9.97. The van der Waals surface area contributed by atoms with Gasteiger partial charge in [-0.3, -0.25) is 9.59 Å². The Morgan fingerprint density at radius 2 is 1.74 bits per heavy atom. The number of hydrogen-bond donors (Lipinski definition) is 3. The first-order valence-electron chi connectivity index (χ1n) is 10.0. The molecule has 0 saturated carbocycles. The van der Waals surface area contributed by atoms with Crippen LogP contribution in [0.15, 0.2) is 53.3 Å². The smallest absolute Gasteiger partial charge is 0.338 e. The van der Waals surface area contributed by atoms with E-state index < -0.39 is 24.0 Å². The average Bonchev–Trinajstić information content (AvgIpc) is 2.83. The Labute approximate surface area is 194 Å². The number of aromatic amines is 1. The molecule has 3 aromatic rings. The number of carbonyl (C=O) groups excluding carboxylic acids is 2. The number of amides is 1. The molecule has 1 amide bonds. The minimum atomic E-state index is -0.743. The maximum absolute atomic E-state index is 12.4. The first-order chi connectivity index (χ1) is 16.4. The first kappa shape index (κ1) is 23.6. The third-order valence-corrected chi connectivity index (χ3v) is 4.66. The molecule has 10 nitrogen and oxygen atoms in total. The van der Waals surface area contributed by atoms with Crippen molar-refractivity contribution in [2.24, 2.45) is 0 Å². The van der Waals surface area contributed by atoms with Crippen LogP contribution in [0.1, 0.15) is 28.4 Å². The third-order valence-electron chi connectivity index (χ3n) is 4.66. The summed E-state index contributed by atoms with van der Waals surface area (Å²) in [5.41, 5.74) is 5.73. The van der Waals surface area contributed by atoms with Crippen LogP contribution < -0.4 is 21.3 Å². The fourth-order valence-electron chi connectivity index (χ4n) is 3.16. The van der Waals surface area contributed by atoms with E-state index in [0.717, 1.165) is 0 Å². The second kappa shape index (κ2) is 10.5. The molecule has 0 fully saturated rings. The van der Waals surface area contributed by atoms with E-state index in [0.29, 0.717) is 11.3 Å². The van der Waals surface area contributed by atoms with E-state index in [1.54, 1.807) is 43.3 Å². The highest BCUT2D eigenvalue weighted by atomic mass is 16.5. The van der Waals surface area contributed by atoms with Crippen molar-refractivity contribution in [3.8, 4) is 29.0 Å². The lowest BCUT2D eigenvalue weighted by atomic mass is 9.96. The number of nitrogen functional groups attached to an aromatic ring is 1. The molecule has 0 aliphatic heterocycles. The van der Waals surface area contributed by atoms with Gasteiger partial charge in [0.15, 0.2) is 6.61 Å². The zero-order valence-electron chi connectivity index (χ0n) is 18.0. The van der Waals surface area contributed by atoms with E-state index in [1.807, 2.05) is 6.07 Å². The Hall–Kier alpha value is -5.09. The summed E-state index contributed by atoms with van der Waals surface area (Å²) < 4.78 is 10.6. The molecular formula is C24H19N5O5. The Bertz CT molecular complexity index is 1380. The van der Waals surface area contributed by atoms with Gasteiger partial charge in [-0.2, -0.15) is 10.5 Å². The third kappa shape index (κ3) is 5.03. The number of rotatable bonds is 7. The SMILES string of the molecule is CCOC(=O)c1ccc(NC(=O)COc2ccccc2-c2c(C#N)c(N)[nH]c(=O)c2C#N)cc1. The van der Waals surface area contributed by atoms with Crippen LogP contribution >= 0.6 is 0 Å². The Morgan fingerprint density at radius 1 is 1.06 bits per heavy atom. The van der Waals surface area contributed by atoms with Gasteiger partial charge in [-0.05, 0) is 37.3 Å². The number of nitrogens with one attached hydrogen (secondary N) is 2. The lowest BCUT2D eigenvalue weighted by Crippen LogP contribution is -2.21. The van der Waals surface area contributed by atoms with Crippen molar-refractivity contribution in [1.82, 2.24) is 4.98 Å². The molecular weight excluding hydrogens is 438 g/mol. The second-order valence-electron chi connectivity index (χ2n) is 6.85. The number of nitriles is 2. The Morgan fingerprint density at radius 3 is 2.38 bits per heavy atom. The molecule has 34 heavy (non-hydrogen) atoms. The van der Waals surface area contributed by atoms with Gasteiger partial charge in [0, 0.05) is 16.8 Å². The highest BCUT2D eigenvalue weighted by Gasteiger charge is 2.21. The van der Waals surface area contributed by atoms with Gasteiger partial charge < -0.3 is 25.5 Å². The number of pyridine rings is 1. The molecule has 0 atom stereocenters. The number of anilines is 2. The summed E-state index contributed by atoms with van der Waals surface area (Å²) in [6, 6.07) is 16.2. The van der Waals surface area contributed by atoms with E-state index in [2.05, 4.69) is 10.3 Å². The van der Waals surface area contributed by atoms with E-state index in [4.69, 9.17) is 15.2 Å². The maximum Gasteiger partial charge on any atom is 0.338 e. The largest absolute Gasteiger partial charge is 0.483 e. The van der Waals surface area contributed by atoms with Crippen LogP contribution in [0.4, 0.5) is 11.5 Å². The molecule has 0 aliphatic rings. The first-order valence-corrected chi connectivity index (χ1v) is 10.0. The number of ether oxygens (including phenoxy) is 2. The average molecular weight is 457 g/mol. The molecule has 4 N–H and O–H groups in total. The van der Waals surface area contributed by atoms with Gasteiger partial charge in [0.1, 0.15) is 34.8 Å². The number of nitrogens with zero attached hydrogens (tertiary/aromatic N) is 2. The van der Waals surface area contributed by atoms with Gasteiger partial charge in [-0.25, -0.2) is 4.79 Å². The number of carbonyl (C=O) groups is 2. The number of benzene rings is 2. The van der Waals surface area contributed by atoms with Gasteiger partial charge in [0.25, 0.3) is 11.5 Å². The minimum Gasteiger partial charge on any atom is -0.483 e. The number of esters is 1. The van der Waals surface area contributed by atoms with E-state index in [-0.39, 0.29) is 40.4 Å². The fourth-order valence-corrected chi connectivity index (χ4v) is 3.16. The second-order valence-corrected chi connectivity index (χ2v) is 6.85. The summed E-state index contributed by atoms with van der Waals surface area (Å²) in [5, 5.41) is 21.6. The molecule has 10 heteroatoms. The predicted octanol–water partition coefficient (Wildman–Crippen LogP) is 2.56. The van der Waals surface area contributed by atoms with Gasteiger partial charge >= 0.3 is 5.97 Å². The number of para-hydroxylation sites is 1. The zero-order chi connectivity index (χ0) is 24.7. The van der Waals surface area contributed by atoms with Crippen LogP contribution in [0.2, 0.25) is 0 Å². The molecule has 0 aliphatic carbocycles. The van der Waals surface area contributed by atoms with Crippen LogP contribution in [0.3, 0.4) is 0 Å². The van der Waals surface area contributed by atoms with E-state index in [9.17, 15) is 24.9 Å². The Balaban J connectivity index is 1.81. The number of nitrogens with two attached hydrogens (primary N) is 1. The van der Waals surface area contributed by atoms with Crippen LogP contribution in [-0.4, -0.2) is 30.1 Å². The summed E-state index contributed by atoms with van der Waals surface area (Å²) in [4.78, 5) is 38.6. The molecule has 2 aromatic carbocycles. The van der Waals surface area contributed by atoms with Crippen molar-refractivity contribution >= 4 is 23.4 Å². The van der Waals surface area contributed by atoms with Crippen LogP contribution in [-0.2, 0) is 9.53 Å². The van der Waals surface area contributed by atoms with Crippen molar-refractivity contribution in [1.29, 1.82) is 10.5 Å². The van der Waals surface area contributed by atoms with E-state index >= 15 is 0 Å². The topological polar surface area (TPSA) is 171 Å². The number of H-pyrrole nitrogens is 1. The number of hydrogen-bond acceptors (Lipinski definition) is 8. The summed E-state index contributed by atoms with van der Waals surface area (Å²) >= 11 is 0. The van der Waals surface area contributed by atoms with Crippen LogP contribution in [0.5, 0.6) is 5.75 Å². The zero-order valence-corrected chi connectivity index (χ0v) is 18.0. The number of aromatic nitrogens is 1. The van der Waals surface area contributed by atoms with E-state index in [1.165, 1.54) is 18.2 Å². The van der Waals surface area contributed by atoms with Crippen molar-refractivity contribution in [2.45, 2.75) is 6.92 Å². The van der Waals surface area contributed by atoms with Crippen molar-refractivity contribution < 1.29 is 19.1 Å². The van der Waals surface area contributed by atoms with Gasteiger partial charge in [-0.15, -0.1) is 0 Å². The predicted molar refractivity (Wildman–Crippen MR) is 123 cm³/mol. The lowest BCUT2D eigenvalue weighted by molar-refractivity contribution is -0.118. The van der Waals surface area contributed by atoms with Crippen LogP contribution in [0.25, 0.3) is 11.1 Å². The maximum atomic E-state index is 12.4. The summed E-state index contributed by atoms with van der Waals surface area (Å²) in [5.74, 6) is -0.965. The summed E-state index contributed by atoms with van der Waals surface area (Å²) in [6.07, 6.45) is 0. The van der Waals surface area contributed by atoms with Crippen molar-refractivity contribution in [2.75, 3.05) is 24.3 Å². The molecule has 3 rings (SSSR count). The van der Waals surface area contributed by atoms with Gasteiger partial charge in [-0.1, -0.05) is 18.2 Å². The molecule has 0 spiro atoms. The Kier molecular flexibility index (Phi) is 7.27. The quantitative estimate of drug-likeness (QED) is 0.454. The van der Waals surface area contributed by atoms with Crippen molar-refractivity contribution in [3.63, 3.8) is 0 Å². The molecule has 0 unspecified atom stereocenters. The summed E-state index contributed by atoms with van der Waals surface area (Å²) in [6.45, 7) is 1.56. The van der Waals surface area contributed by atoms with Crippen LogP contribution in [0, 0.1) is 22.7 Å². The molecule has 0 bridgehead atoms. The molecule has 0 radical (unpaired) electrons. The lowest BCUT2D eigenvalue weighted by Gasteiger charge is -2.14. The van der Waals surface area contributed by atoms with Gasteiger partial charge in [0.05, 0.1) is 12.2 Å². The van der Waals surface area contributed by atoms with Gasteiger partial charge in [0.2, 0.25) is 0 Å². The standard InChI is InChI=1S/C24H19N5O5/c1-2-33-24(32)14-7-9-15(10-8-14)28-20(30)13-34-19-6-4-3-5-16(19)21-17(11-25)22(27)29-23(31)18(21)12-26/h3-10H,2,13H2,1H3,(H,28,30)(H3,27,29,31).